The third-order valence-corrected chi connectivity index (χ3v) is 5.24. The number of ether oxygens (including phenoxy) is 1. The second-order valence-electron chi connectivity index (χ2n) is 6.73. The molecule has 0 aliphatic carbocycles. The van der Waals surface area contributed by atoms with Gasteiger partial charge >= 0.3 is 0 Å². The maximum absolute atomic E-state index is 12.5. The van der Waals surface area contributed by atoms with Gasteiger partial charge in [-0.25, -0.2) is 19.6 Å². The van der Waals surface area contributed by atoms with Crippen LogP contribution in [0.4, 0.5) is 5.82 Å². The molecule has 0 aliphatic rings. The minimum absolute atomic E-state index is 0.219. The molecule has 0 bridgehead atoms. The summed E-state index contributed by atoms with van der Waals surface area (Å²) in [5.74, 6) is 0.505. The fraction of sp³-hybridized carbons (Fsp3) is 0.286. The second kappa shape index (κ2) is 9.71. The van der Waals surface area contributed by atoms with Crippen molar-refractivity contribution < 1.29 is 9.53 Å². The van der Waals surface area contributed by atoms with Crippen molar-refractivity contribution in [2.24, 2.45) is 0 Å². The lowest BCUT2D eigenvalue weighted by atomic mass is 10.2. The average molecular weight is 438 g/mol. The molecule has 4 aromatic rings. The van der Waals surface area contributed by atoms with Crippen LogP contribution in [0.25, 0.3) is 21.9 Å². The molecule has 3 aromatic heterocycles. The van der Waals surface area contributed by atoms with Gasteiger partial charge in [-0.1, -0.05) is 36.0 Å². The number of hydrogen-bond donors (Lipinski definition) is 2. The molecule has 0 fully saturated rings. The first kappa shape index (κ1) is 21.0. The highest BCUT2D eigenvalue weighted by molar-refractivity contribution is 7.98. The number of nitrogens with one attached hydrogen (secondary N) is 2. The molecule has 160 valence electrons. The van der Waals surface area contributed by atoms with Crippen LogP contribution in [-0.4, -0.2) is 63.7 Å². The largest absolute Gasteiger partial charge is 0.383 e. The van der Waals surface area contributed by atoms with Gasteiger partial charge in [-0.2, -0.15) is 5.10 Å². The van der Waals surface area contributed by atoms with Crippen molar-refractivity contribution in [3.05, 3.63) is 48.3 Å². The van der Waals surface area contributed by atoms with Crippen molar-refractivity contribution in [3.63, 3.8) is 0 Å². The summed E-state index contributed by atoms with van der Waals surface area (Å²) in [6.45, 7) is 2.08. The van der Waals surface area contributed by atoms with Gasteiger partial charge in [0.05, 0.1) is 30.3 Å². The summed E-state index contributed by atoms with van der Waals surface area (Å²) < 4.78 is 6.87. The van der Waals surface area contributed by atoms with Crippen LogP contribution in [0.2, 0.25) is 0 Å². The molecule has 2 N–H and O–H groups in total. The standard InChI is InChI=1S/C21H23N7O2S/c1-30-12-10-22-18-15-13-24-28(19(15)27-21(26-18)31-2)11-9-23-20(29)17-8-7-14-5-3-4-6-16(14)25-17/h3-8,13H,9-12H2,1-2H3,(H,23,29)(H,22,26,27). The Labute approximate surface area is 183 Å². The van der Waals surface area contributed by atoms with E-state index < -0.39 is 0 Å². The number of methoxy groups -OCH3 is 1. The van der Waals surface area contributed by atoms with E-state index in [4.69, 9.17) is 4.74 Å². The minimum Gasteiger partial charge on any atom is -0.383 e. The zero-order chi connectivity index (χ0) is 21.6. The maximum atomic E-state index is 12.5. The number of rotatable bonds is 9. The summed E-state index contributed by atoms with van der Waals surface area (Å²) in [6, 6.07) is 11.3. The van der Waals surface area contributed by atoms with E-state index in [0.717, 1.165) is 27.8 Å². The average Bonchev–Trinajstić information content (AvgIpc) is 3.21. The van der Waals surface area contributed by atoms with Gasteiger partial charge in [0, 0.05) is 25.6 Å². The third kappa shape index (κ3) is 4.75. The summed E-state index contributed by atoms with van der Waals surface area (Å²) in [5, 5.41) is 13.1. The number of thioether (sulfide) groups is 1. The Morgan fingerprint density at radius 2 is 2.00 bits per heavy atom. The molecule has 1 aromatic carbocycles. The Morgan fingerprint density at radius 1 is 1.13 bits per heavy atom. The van der Waals surface area contributed by atoms with Crippen molar-refractivity contribution in [3.8, 4) is 0 Å². The number of nitrogens with zero attached hydrogens (tertiary/aromatic N) is 5. The van der Waals surface area contributed by atoms with Crippen LogP contribution in [0.5, 0.6) is 0 Å². The number of pyridine rings is 1. The molecule has 1 amide bonds. The number of carbonyl (C=O) groups excluding carboxylic acids is 1. The lowest BCUT2D eigenvalue weighted by Gasteiger charge is -2.09. The van der Waals surface area contributed by atoms with Gasteiger partial charge in [-0.15, -0.1) is 0 Å². The molecule has 9 nitrogen and oxygen atoms in total. The molecular weight excluding hydrogens is 414 g/mol. The molecule has 3 heterocycles. The highest BCUT2D eigenvalue weighted by Gasteiger charge is 2.13. The van der Waals surface area contributed by atoms with Crippen molar-refractivity contribution in [1.82, 2.24) is 30.0 Å². The van der Waals surface area contributed by atoms with Gasteiger partial charge in [0.25, 0.3) is 5.91 Å². The van der Waals surface area contributed by atoms with E-state index in [1.165, 1.54) is 11.8 Å². The number of aromatic nitrogens is 5. The van der Waals surface area contributed by atoms with Crippen LogP contribution >= 0.6 is 11.8 Å². The summed E-state index contributed by atoms with van der Waals surface area (Å²) in [4.78, 5) is 26.1. The molecule has 0 unspecified atom stereocenters. The van der Waals surface area contributed by atoms with Crippen LogP contribution in [0.1, 0.15) is 10.5 Å². The van der Waals surface area contributed by atoms with Crippen molar-refractivity contribution >= 4 is 45.4 Å². The Morgan fingerprint density at radius 3 is 2.84 bits per heavy atom. The molecule has 0 atom stereocenters. The first-order chi connectivity index (χ1) is 15.2. The fourth-order valence-corrected chi connectivity index (χ4v) is 3.52. The summed E-state index contributed by atoms with van der Waals surface area (Å²) in [6.07, 6.45) is 3.67. The van der Waals surface area contributed by atoms with E-state index in [9.17, 15) is 4.79 Å². The molecule has 0 spiro atoms. The van der Waals surface area contributed by atoms with E-state index in [1.807, 2.05) is 36.6 Å². The van der Waals surface area contributed by atoms with Crippen molar-refractivity contribution in [1.29, 1.82) is 0 Å². The van der Waals surface area contributed by atoms with Gasteiger partial charge in [0.15, 0.2) is 10.8 Å². The van der Waals surface area contributed by atoms with Crippen LogP contribution in [0.15, 0.2) is 47.8 Å². The number of fused-ring (bicyclic) bond motifs is 2. The first-order valence-corrected chi connectivity index (χ1v) is 11.1. The molecule has 0 radical (unpaired) electrons. The molecular formula is C21H23N7O2S. The fourth-order valence-electron chi connectivity index (χ4n) is 3.15. The van der Waals surface area contributed by atoms with Crippen LogP contribution in [0, 0.1) is 0 Å². The maximum Gasteiger partial charge on any atom is 0.269 e. The third-order valence-electron chi connectivity index (χ3n) is 4.70. The van der Waals surface area contributed by atoms with Gasteiger partial charge in [-0.05, 0) is 18.4 Å². The highest BCUT2D eigenvalue weighted by Crippen LogP contribution is 2.23. The van der Waals surface area contributed by atoms with E-state index in [0.29, 0.717) is 37.1 Å². The summed E-state index contributed by atoms with van der Waals surface area (Å²) >= 11 is 1.46. The van der Waals surface area contributed by atoms with Crippen LogP contribution in [0.3, 0.4) is 0 Å². The SMILES string of the molecule is COCCNc1nc(SC)nc2c1cnn2CCNC(=O)c1ccc2ccccc2n1. The van der Waals surface area contributed by atoms with Gasteiger partial charge in [0.2, 0.25) is 0 Å². The molecule has 0 aliphatic heterocycles. The molecule has 0 saturated carbocycles. The Kier molecular flexibility index (Phi) is 6.58. The normalized spacial score (nSPS) is 11.2. The number of benzene rings is 1. The van der Waals surface area contributed by atoms with Crippen LogP contribution in [-0.2, 0) is 11.3 Å². The second-order valence-corrected chi connectivity index (χ2v) is 7.50. The number of anilines is 1. The first-order valence-electron chi connectivity index (χ1n) is 9.84. The lowest BCUT2D eigenvalue weighted by molar-refractivity contribution is 0.0947. The van der Waals surface area contributed by atoms with E-state index in [-0.39, 0.29) is 5.91 Å². The number of para-hydroxylation sites is 1. The van der Waals surface area contributed by atoms with E-state index in [1.54, 1.807) is 24.1 Å². The van der Waals surface area contributed by atoms with Gasteiger partial charge in [-0.3, -0.25) is 4.79 Å². The van der Waals surface area contributed by atoms with Crippen molar-refractivity contribution in [2.45, 2.75) is 11.7 Å². The zero-order valence-corrected chi connectivity index (χ0v) is 18.1. The lowest BCUT2D eigenvalue weighted by Crippen LogP contribution is -2.28. The Balaban J connectivity index is 1.45. The van der Waals surface area contributed by atoms with Gasteiger partial charge < -0.3 is 15.4 Å². The van der Waals surface area contributed by atoms with E-state index in [2.05, 4.69) is 30.7 Å². The predicted octanol–water partition coefficient (Wildman–Crippen LogP) is 2.58. The van der Waals surface area contributed by atoms with Gasteiger partial charge in [0.1, 0.15) is 11.5 Å². The quantitative estimate of drug-likeness (QED) is 0.234. The molecule has 31 heavy (non-hydrogen) atoms. The summed E-state index contributed by atoms with van der Waals surface area (Å²) in [7, 11) is 1.66. The Hall–Kier alpha value is -3.24. The zero-order valence-electron chi connectivity index (χ0n) is 17.3. The minimum atomic E-state index is -0.219. The number of hydrogen-bond acceptors (Lipinski definition) is 8. The topological polar surface area (TPSA) is 107 Å². The smallest absolute Gasteiger partial charge is 0.269 e. The number of carbonyl (C=O) groups is 1. The number of amides is 1. The predicted molar refractivity (Wildman–Crippen MR) is 122 cm³/mol. The molecule has 10 heteroatoms. The monoisotopic (exact) mass is 437 g/mol. The van der Waals surface area contributed by atoms with E-state index >= 15 is 0 Å². The summed E-state index contributed by atoms with van der Waals surface area (Å²) in [5.41, 5.74) is 1.90. The van der Waals surface area contributed by atoms with Crippen LogP contribution < -0.4 is 10.6 Å². The Bertz CT molecular complexity index is 1210. The highest BCUT2D eigenvalue weighted by atomic mass is 32.2. The van der Waals surface area contributed by atoms with Crippen molar-refractivity contribution in [2.75, 3.05) is 38.4 Å². The molecule has 4 rings (SSSR count). The molecule has 0 saturated heterocycles.